The summed E-state index contributed by atoms with van der Waals surface area (Å²) in [6.07, 6.45) is 0. The normalized spacial score (nSPS) is 10.9. The van der Waals surface area contributed by atoms with E-state index in [1.165, 1.54) is 48.5 Å². The summed E-state index contributed by atoms with van der Waals surface area (Å²) in [5.74, 6) is -1.99. The Morgan fingerprint density at radius 1 is 1.08 bits per heavy atom. The molecule has 0 saturated heterocycles. The number of amidine groups is 1. The maximum absolute atomic E-state index is 12.2. The first-order chi connectivity index (χ1) is 12.2. The summed E-state index contributed by atoms with van der Waals surface area (Å²) in [6, 6.07) is 10.9. The summed E-state index contributed by atoms with van der Waals surface area (Å²) < 4.78 is 26.6. The quantitative estimate of drug-likeness (QED) is 0.351. The predicted octanol–water partition coefficient (Wildman–Crippen LogP) is 0.586. The van der Waals surface area contributed by atoms with E-state index in [4.69, 9.17) is 16.2 Å². The first-order valence-electron chi connectivity index (χ1n) is 7.26. The zero-order valence-electron chi connectivity index (χ0n) is 13.4. The molecule has 2 aromatic rings. The molecule has 0 bridgehead atoms. The average Bonchev–Trinajstić information content (AvgIpc) is 2.60. The number of carboxylic acids is 1. The zero-order valence-corrected chi connectivity index (χ0v) is 14.2. The molecule has 2 rings (SSSR count). The fourth-order valence-corrected chi connectivity index (χ4v) is 3.00. The van der Waals surface area contributed by atoms with Gasteiger partial charge in [0.2, 0.25) is 15.9 Å². The smallest absolute Gasteiger partial charge is 0.335 e. The Hall–Kier alpha value is -3.24. The van der Waals surface area contributed by atoms with Crippen molar-refractivity contribution in [3.63, 3.8) is 0 Å². The van der Waals surface area contributed by atoms with Crippen molar-refractivity contribution < 1.29 is 23.1 Å². The molecular formula is C16H16N4O5S. The van der Waals surface area contributed by atoms with Crippen LogP contribution in [0, 0.1) is 5.41 Å². The van der Waals surface area contributed by atoms with Crippen molar-refractivity contribution in [2.24, 2.45) is 5.73 Å². The maximum Gasteiger partial charge on any atom is 0.335 e. The van der Waals surface area contributed by atoms with Gasteiger partial charge in [0.1, 0.15) is 5.84 Å². The number of hydrogen-bond donors (Lipinski definition) is 5. The third-order valence-electron chi connectivity index (χ3n) is 3.29. The largest absolute Gasteiger partial charge is 0.478 e. The highest BCUT2D eigenvalue weighted by Gasteiger charge is 2.16. The van der Waals surface area contributed by atoms with E-state index >= 15 is 0 Å². The summed E-state index contributed by atoms with van der Waals surface area (Å²) in [4.78, 5) is 22.5. The van der Waals surface area contributed by atoms with Gasteiger partial charge in [-0.2, -0.15) is 0 Å². The minimum atomic E-state index is -3.96. The number of nitrogen functional groups attached to an aromatic ring is 1. The Bertz CT molecular complexity index is 955. The van der Waals surface area contributed by atoms with Gasteiger partial charge in [-0.3, -0.25) is 10.2 Å². The highest BCUT2D eigenvalue weighted by Crippen LogP contribution is 2.12. The van der Waals surface area contributed by atoms with Crippen molar-refractivity contribution in [3.05, 3.63) is 59.7 Å². The molecular weight excluding hydrogens is 360 g/mol. The first kappa shape index (κ1) is 19.1. The van der Waals surface area contributed by atoms with Gasteiger partial charge < -0.3 is 16.2 Å². The van der Waals surface area contributed by atoms with Crippen molar-refractivity contribution in [3.8, 4) is 0 Å². The molecule has 0 aliphatic heterocycles. The topological polar surface area (TPSA) is 162 Å². The summed E-state index contributed by atoms with van der Waals surface area (Å²) in [7, 11) is -3.96. The molecule has 0 saturated carbocycles. The van der Waals surface area contributed by atoms with Gasteiger partial charge in [-0.25, -0.2) is 17.9 Å². The van der Waals surface area contributed by atoms with Crippen molar-refractivity contribution in [1.29, 1.82) is 5.41 Å². The van der Waals surface area contributed by atoms with Gasteiger partial charge >= 0.3 is 5.97 Å². The fourth-order valence-electron chi connectivity index (χ4n) is 1.98. The number of nitrogens with one attached hydrogen (secondary N) is 3. The van der Waals surface area contributed by atoms with Crippen LogP contribution in [0.25, 0.3) is 0 Å². The van der Waals surface area contributed by atoms with E-state index in [1.807, 2.05) is 0 Å². The van der Waals surface area contributed by atoms with Crippen molar-refractivity contribution in [2.45, 2.75) is 4.90 Å². The zero-order chi connectivity index (χ0) is 19.3. The lowest BCUT2D eigenvalue weighted by Crippen LogP contribution is -2.33. The second kappa shape index (κ2) is 7.76. The van der Waals surface area contributed by atoms with Crippen LogP contribution < -0.4 is 15.8 Å². The standard InChI is InChI=1S/C16H16N4O5S/c17-15(18)11-2-1-3-13(8-11)26(24,25)19-9-14(21)20-12-6-4-10(5-7-12)16(22)23/h1-8,19H,9H2,(H3,17,18)(H,20,21)(H,22,23). The number of hydrogen-bond acceptors (Lipinski definition) is 5. The van der Waals surface area contributed by atoms with E-state index in [1.54, 1.807) is 0 Å². The molecule has 0 atom stereocenters. The lowest BCUT2D eigenvalue weighted by molar-refractivity contribution is -0.115. The van der Waals surface area contributed by atoms with Gasteiger partial charge in [0.15, 0.2) is 0 Å². The highest BCUT2D eigenvalue weighted by atomic mass is 32.2. The van der Waals surface area contributed by atoms with E-state index in [0.29, 0.717) is 5.69 Å². The number of carboxylic acid groups (broad SMARTS) is 1. The van der Waals surface area contributed by atoms with Crippen LogP contribution in [0.1, 0.15) is 15.9 Å². The van der Waals surface area contributed by atoms with Crippen molar-refractivity contribution in [1.82, 2.24) is 4.72 Å². The van der Waals surface area contributed by atoms with Crippen LogP contribution in [-0.4, -0.2) is 37.8 Å². The molecule has 10 heteroatoms. The second-order valence-corrected chi connectivity index (χ2v) is 6.96. The van der Waals surface area contributed by atoms with Crippen LogP contribution in [0.3, 0.4) is 0 Å². The molecule has 26 heavy (non-hydrogen) atoms. The van der Waals surface area contributed by atoms with Crippen LogP contribution in [-0.2, 0) is 14.8 Å². The molecule has 2 aromatic carbocycles. The molecule has 0 aliphatic carbocycles. The molecule has 1 amide bonds. The maximum atomic E-state index is 12.2. The summed E-state index contributed by atoms with van der Waals surface area (Å²) >= 11 is 0. The van der Waals surface area contributed by atoms with E-state index < -0.39 is 28.4 Å². The number of carbonyl (C=O) groups is 2. The number of nitrogens with two attached hydrogens (primary N) is 1. The Labute approximate surface area is 149 Å². The summed E-state index contributed by atoms with van der Waals surface area (Å²) in [5, 5.41) is 18.6. The van der Waals surface area contributed by atoms with Gasteiger partial charge in [0.05, 0.1) is 17.0 Å². The van der Waals surface area contributed by atoms with Gasteiger partial charge in [-0.05, 0) is 36.4 Å². The molecule has 0 radical (unpaired) electrons. The number of benzene rings is 2. The molecule has 0 aromatic heterocycles. The van der Waals surface area contributed by atoms with Crippen LogP contribution in [0.5, 0.6) is 0 Å². The van der Waals surface area contributed by atoms with Gasteiger partial charge in [0, 0.05) is 11.3 Å². The number of anilines is 1. The SMILES string of the molecule is N=C(N)c1cccc(S(=O)(=O)NCC(=O)Nc2ccc(C(=O)O)cc2)c1. The number of sulfonamides is 1. The summed E-state index contributed by atoms with van der Waals surface area (Å²) in [5.41, 5.74) is 5.97. The Kier molecular flexibility index (Phi) is 5.70. The van der Waals surface area contributed by atoms with Crippen molar-refractivity contribution in [2.75, 3.05) is 11.9 Å². The molecule has 136 valence electrons. The molecule has 9 nitrogen and oxygen atoms in total. The van der Waals surface area contributed by atoms with Crippen LogP contribution in [0.4, 0.5) is 5.69 Å². The average molecular weight is 376 g/mol. The molecule has 0 unspecified atom stereocenters. The molecule has 0 spiro atoms. The van der Waals surface area contributed by atoms with Gasteiger partial charge in [-0.1, -0.05) is 12.1 Å². The Balaban J connectivity index is 2.00. The molecule has 6 N–H and O–H groups in total. The molecule has 0 fully saturated rings. The molecule has 0 aliphatic rings. The molecule has 0 heterocycles. The number of rotatable bonds is 7. The Morgan fingerprint density at radius 3 is 2.31 bits per heavy atom. The van der Waals surface area contributed by atoms with E-state index in [0.717, 1.165) is 0 Å². The van der Waals surface area contributed by atoms with Crippen LogP contribution >= 0.6 is 0 Å². The third-order valence-corrected chi connectivity index (χ3v) is 4.69. The summed E-state index contributed by atoms with van der Waals surface area (Å²) in [6.45, 7) is -0.521. The van der Waals surface area contributed by atoms with Crippen molar-refractivity contribution >= 4 is 33.4 Å². The van der Waals surface area contributed by atoms with E-state index in [9.17, 15) is 18.0 Å². The lowest BCUT2D eigenvalue weighted by Gasteiger charge is -2.09. The monoisotopic (exact) mass is 376 g/mol. The fraction of sp³-hybridized carbons (Fsp3) is 0.0625. The second-order valence-electron chi connectivity index (χ2n) is 5.20. The number of carbonyl (C=O) groups excluding carboxylic acids is 1. The third kappa shape index (κ3) is 4.88. The van der Waals surface area contributed by atoms with Crippen LogP contribution in [0.2, 0.25) is 0 Å². The van der Waals surface area contributed by atoms with Crippen LogP contribution in [0.15, 0.2) is 53.4 Å². The minimum Gasteiger partial charge on any atom is -0.478 e. The number of aromatic carboxylic acids is 1. The number of amides is 1. The van der Waals surface area contributed by atoms with Gasteiger partial charge in [0.25, 0.3) is 0 Å². The highest BCUT2D eigenvalue weighted by molar-refractivity contribution is 7.89. The minimum absolute atomic E-state index is 0.0639. The first-order valence-corrected chi connectivity index (χ1v) is 8.75. The van der Waals surface area contributed by atoms with E-state index in [2.05, 4.69) is 10.0 Å². The Morgan fingerprint density at radius 2 is 1.73 bits per heavy atom. The van der Waals surface area contributed by atoms with E-state index in [-0.39, 0.29) is 21.9 Å². The lowest BCUT2D eigenvalue weighted by atomic mass is 10.2. The van der Waals surface area contributed by atoms with Gasteiger partial charge in [-0.15, -0.1) is 0 Å². The predicted molar refractivity (Wildman–Crippen MR) is 94.7 cm³/mol.